The quantitative estimate of drug-likeness (QED) is 0.504. The van der Waals surface area contributed by atoms with E-state index in [0.717, 1.165) is 5.56 Å². The van der Waals surface area contributed by atoms with Crippen LogP contribution in [0.3, 0.4) is 0 Å². The Kier molecular flexibility index (Phi) is 5.10. The summed E-state index contributed by atoms with van der Waals surface area (Å²) in [5.41, 5.74) is 1.47. The minimum atomic E-state index is -0.343. The summed E-state index contributed by atoms with van der Waals surface area (Å²) < 4.78 is 4.61. The van der Waals surface area contributed by atoms with Crippen LogP contribution in [0, 0.1) is 0 Å². The summed E-state index contributed by atoms with van der Waals surface area (Å²) >= 11 is 5.00. The normalized spacial score (nSPS) is 9.94. The van der Waals surface area contributed by atoms with Gasteiger partial charge in [0.05, 0.1) is 12.7 Å². The molecule has 0 amide bonds. The number of thiocarbonyl (C=S) groups is 1. The Balaban J connectivity index is 2.71. The van der Waals surface area contributed by atoms with E-state index in [2.05, 4.69) is 16.6 Å². The topological polar surface area (TPSA) is 38.3 Å². The minimum absolute atomic E-state index is 0.343. The second-order valence-electron chi connectivity index (χ2n) is 3.16. The second kappa shape index (κ2) is 6.60. The van der Waals surface area contributed by atoms with Crippen molar-refractivity contribution in [1.29, 1.82) is 0 Å². The van der Waals surface area contributed by atoms with Crippen LogP contribution in [0.1, 0.15) is 15.9 Å². The Hall–Kier alpha value is -1.94. The van der Waals surface area contributed by atoms with Gasteiger partial charge in [0.1, 0.15) is 4.99 Å². The molecular weight excluding hydrogens is 234 g/mol. The van der Waals surface area contributed by atoms with Gasteiger partial charge in [0.2, 0.25) is 0 Å². The molecule has 0 atom stereocenters. The van der Waals surface area contributed by atoms with Gasteiger partial charge in [0.25, 0.3) is 0 Å². The molecule has 0 aliphatic rings. The summed E-state index contributed by atoms with van der Waals surface area (Å²) in [4.78, 5) is 11.8. The van der Waals surface area contributed by atoms with E-state index in [9.17, 15) is 4.79 Å². The minimum Gasteiger partial charge on any atom is -0.465 e. The van der Waals surface area contributed by atoms with Crippen molar-refractivity contribution in [1.82, 2.24) is 5.32 Å². The number of esters is 1. The predicted octanol–water partition coefficient (Wildman–Crippen LogP) is 2.55. The van der Waals surface area contributed by atoms with Crippen LogP contribution in [0.4, 0.5) is 0 Å². The zero-order valence-corrected chi connectivity index (χ0v) is 10.3. The van der Waals surface area contributed by atoms with Crippen LogP contribution >= 0.6 is 12.2 Å². The number of nitrogens with one attached hydrogen (secondary N) is 1. The summed E-state index contributed by atoms with van der Waals surface area (Å²) in [7, 11) is 1.36. The lowest BCUT2D eigenvalue weighted by Crippen LogP contribution is -2.09. The molecule has 1 aromatic rings. The van der Waals surface area contributed by atoms with Gasteiger partial charge in [-0.15, -0.1) is 0 Å². The van der Waals surface area contributed by atoms with Crippen LogP contribution in [0.25, 0.3) is 6.08 Å². The van der Waals surface area contributed by atoms with E-state index in [0.29, 0.717) is 10.6 Å². The van der Waals surface area contributed by atoms with E-state index in [1.165, 1.54) is 13.3 Å². The molecule has 0 unspecified atom stereocenters. The average Bonchev–Trinajstić information content (AvgIpc) is 2.36. The van der Waals surface area contributed by atoms with Crippen LogP contribution in [0.2, 0.25) is 0 Å². The first-order valence-corrected chi connectivity index (χ1v) is 5.36. The number of hydrogen-bond donors (Lipinski definition) is 1. The molecule has 1 rings (SSSR count). The molecule has 88 valence electrons. The summed E-state index contributed by atoms with van der Waals surface area (Å²) in [5.74, 6) is -0.343. The third-order valence-corrected chi connectivity index (χ3v) is 2.26. The molecular formula is C13H13NO2S. The number of ether oxygens (including phenoxy) is 1. The Labute approximate surface area is 106 Å². The smallest absolute Gasteiger partial charge is 0.337 e. The number of carbonyl (C=O) groups excluding carboxylic acids is 1. The van der Waals surface area contributed by atoms with Crippen LogP contribution in [0.15, 0.2) is 43.1 Å². The molecule has 0 radical (unpaired) electrons. The highest BCUT2D eigenvalue weighted by atomic mass is 32.1. The maximum absolute atomic E-state index is 11.2. The van der Waals surface area contributed by atoms with Gasteiger partial charge in [0, 0.05) is 0 Å². The Morgan fingerprint density at radius 3 is 2.59 bits per heavy atom. The third-order valence-electron chi connectivity index (χ3n) is 2.00. The monoisotopic (exact) mass is 247 g/mol. The first-order chi connectivity index (χ1) is 8.17. The van der Waals surface area contributed by atoms with Gasteiger partial charge in [-0.3, -0.25) is 0 Å². The van der Waals surface area contributed by atoms with E-state index in [-0.39, 0.29) is 5.97 Å². The summed E-state index contributed by atoms with van der Waals surface area (Å²) in [6, 6.07) is 7.05. The van der Waals surface area contributed by atoms with Crippen LogP contribution in [0.5, 0.6) is 0 Å². The first kappa shape index (κ1) is 13.1. The SMILES string of the molecule is C=CNC(=S)/C=C/c1ccc(C(=O)OC)cc1. The number of methoxy groups -OCH3 is 1. The molecule has 3 nitrogen and oxygen atoms in total. The fourth-order valence-corrected chi connectivity index (χ4v) is 1.32. The predicted molar refractivity (Wildman–Crippen MR) is 72.7 cm³/mol. The molecule has 17 heavy (non-hydrogen) atoms. The Bertz CT molecular complexity index is 449. The number of carbonyl (C=O) groups is 1. The van der Waals surface area contributed by atoms with E-state index < -0.39 is 0 Å². The first-order valence-electron chi connectivity index (χ1n) is 4.95. The molecule has 4 heteroatoms. The van der Waals surface area contributed by atoms with Crippen molar-refractivity contribution in [3.63, 3.8) is 0 Å². The standard InChI is InChI=1S/C13H13NO2S/c1-3-14-12(17)9-6-10-4-7-11(8-5-10)13(15)16-2/h3-9H,1H2,2H3,(H,14,17)/b9-6+. The fraction of sp³-hybridized carbons (Fsp3) is 0.0769. The molecule has 0 fully saturated rings. The highest BCUT2D eigenvalue weighted by Gasteiger charge is 2.02. The fourth-order valence-electron chi connectivity index (χ4n) is 1.17. The highest BCUT2D eigenvalue weighted by Crippen LogP contribution is 2.07. The van der Waals surface area contributed by atoms with Gasteiger partial charge in [-0.25, -0.2) is 4.79 Å². The summed E-state index contributed by atoms with van der Waals surface area (Å²) in [5, 5.41) is 2.79. The van der Waals surface area contributed by atoms with Crippen molar-refractivity contribution in [3.05, 3.63) is 54.2 Å². The summed E-state index contributed by atoms with van der Waals surface area (Å²) in [6.45, 7) is 3.51. The molecule has 0 aliphatic carbocycles. The second-order valence-corrected chi connectivity index (χ2v) is 3.60. The summed E-state index contributed by atoms with van der Waals surface area (Å²) in [6.07, 6.45) is 5.12. The van der Waals surface area contributed by atoms with Crippen molar-refractivity contribution in [2.45, 2.75) is 0 Å². The highest BCUT2D eigenvalue weighted by molar-refractivity contribution is 7.80. The Morgan fingerprint density at radius 1 is 1.41 bits per heavy atom. The van der Waals surface area contributed by atoms with E-state index in [4.69, 9.17) is 12.2 Å². The molecule has 0 saturated carbocycles. The molecule has 0 bridgehead atoms. The van der Waals surface area contributed by atoms with E-state index in [1.54, 1.807) is 18.2 Å². The van der Waals surface area contributed by atoms with E-state index in [1.807, 2.05) is 18.2 Å². The Morgan fingerprint density at radius 2 is 2.06 bits per heavy atom. The van der Waals surface area contributed by atoms with Crippen molar-refractivity contribution in [3.8, 4) is 0 Å². The van der Waals surface area contributed by atoms with Gasteiger partial charge in [-0.05, 0) is 30.0 Å². The van der Waals surface area contributed by atoms with Crippen LogP contribution in [-0.2, 0) is 4.74 Å². The lowest BCUT2D eigenvalue weighted by Gasteiger charge is -1.99. The maximum Gasteiger partial charge on any atom is 0.337 e. The largest absolute Gasteiger partial charge is 0.465 e. The zero-order chi connectivity index (χ0) is 12.7. The maximum atomic E-state index is 11.2. The molecule has 0 heterocycles. The van der Waals surface area contributed by atoms with Gasteiger partial charge in [-0.2, -0.15) is 0 Å². The van der Waals surface area contributed by atoms with Crippen molar-refractivity contribution in [2.75, 3.05) is 7.11 Å². The van der Waals surface area contributed by atoms with Gasteiger partial charge >= 0.3 is 5.97 Å². The van der Waals surface area contributed by atoms with Crippen molar-refractivity contribution >= 4 is 29.3 Å². The number of hydrogen-bond acceptors (Lipinski definition) is 3. The molecule has 0 aromatic heterocycles. The lowest BCUT2D eigenvalue weighted by molar-refractivity contribution is 0.0601. The molecule has 0 aliphatic heterocycles. The van der Waals surface area contributed by atoms with Crippen LogP contribution < -0.4 is 5.32 Å². The van der Waals surface area contributed by atoms with Gasteiger partial charge in [0.15, 0.2) is 0 Å². The molecule has 1 N–H and O–H groups in total. The molecule has 0 spiro atoms. The van der Waals surface area contributed by atoms with Crippen molar-refractivity contribution in [2.24, 2.45) is 0 Å². The van der Waals surface area contributed by atoms with Gasteiger partial charge in [-0.1, -0.05) is 37.0 Å². The van der Waals surface area contributed by atoms with Gasteiger partial charge < -0.3 is 10.1 Å². The number of benzene rings is 1. The third kappa shape index (κ3) is 4.20. The molecule has 1 aromatic carbocycles. The average molecular weight is 247 g/mol. The van der Waals surface area contributed by atoms with E-state index >= 15 is 0 Å². The van der Waals surface area contributed by atoms with Crippen LogP contribution in [-0.4, -0.2) is 18.1 Å². The zero-order valence-electron chi connectivity index (χ0n) is 9.47. The lowest BCUT2D eigenvalue weighted by atomic mass is 10.1. The van der Waals surface area contributed by atoms with Crippen molar-refractivity contribution < 1.29 is 9.53 Å². The molecule has 0 saturated heterocycles. The number of rotatable bonds is 4.